The van der Waals surface area contributed by atoms with Crippen LogP contribution in [-0.4, -0.2) is 84.8 Å². The average Bonchev–Trinajstić information content (AvgIpc) is 3.43. The molecule has 1 N–H and O–H groups in total. The third kappa shape index (κ3) is 4.85. The summed E-state index contributed by atoms with van der Waals surface area (Å²) in [4.78, 5) is 33.5. The number of carbonyl (C=O) groups excluding carboxylic acids is 1. The van der Waals surface area contributed by atoms with Gasteiger partial charge in [-0.3, -0.25) is 14.5 Å². The Hall–Kier alpha value is -2.88. The van der Waals surface area contributed by atoms with E-state index in [9.17, 15) is 9.59 Å². The number of piperazine rings is 1. The van der Waals surface area contributed by atoms with Crippen LogP contribution in [0.2, 0.25) is 0 Å². The standard InChI is InChI=1S/C29H35ClFN5O3/c1-18(2)34-11-13-35(14-12-34)26-22(31)16-20-25-28(26)39-24-15-19(30)5-6-23(24)36(25)17-21(27(20)37)29(38)32-7-10-33-8-3-4-9-33/h5-6,15-18,23-24H,3-4,7-14H2,1-2H3,(H,32,38). The Morgan fingerprint density at radius 1 is 1.18 bits per heavy atom. The van der Waals surface area contributed by atoms with Crippen molar-refractivity contribution in [1.82, 2.24) is 19.7 Å². The van der Waals surface area contributed by atoms with Crippen LogP contribution in [0.1, 0.15) is 43.1 Å². The monoisotopic (exact) mass is 555 g/mol. The molecule has 0 saturated carbocycles. The van der Waals surface area contributed by atoms with E-state index >= 15 is 4.39 Å². The number of nitrogens with one attached hydrogen (secondary N) is 1. The van der Waals surface area contributed by atoms with Crippen molar-refractivity contribution < 1.29 is 13.9 Å². The number of hydrogen-bond acceptors (Lipinski definition) is 6. The van der Waals surface area contributed by atoms with Crippen LogP contribution >= 0.6 is 11.6 Å². The molecule has 2 aromatic rings. The molecule has 4 aliphatic rings. The van der Waals surface area contributed by atoms with Crippen LogP contribution in [0.4, 0.5) is 10.1 Å². The summed E-state index contributed by atoms with van der Waals surface area (Å²) in [5.41, 5.74) is 0.377. The van der Waals surface area contributed by atoms with E-state index < -0.39 is 23.3 Å². The van der Waals surface area contributed by atoms with Crippen LogP contribution in [-0.2, 0) is 0 Å². The van der Waals surface area contributed by atoms with Gasteiger partial charge in [-0.2, -0.15) is 0 Å². The first-order valence-corrected chi connectivity index (χ1v) is 14.3. The number of anilines is 1. The van der Waals surface area contributed by atoms with Crippen molar-refractivity contribution in [1.29, 1.82) is 0 Å². The Balaban J connectivity index is 1.41. The maximum Gasteiger partial charge on any atom is 0.256 e. The fourth-order valence-corrected chi connectivity index (χ4v) is 6.44. The van der Waals surface area contributed by atoms with E-state index in [1.165, 1.54) is 18.9 Å². The summed E-state index contributed by atoms with van der Waals surface area (Å²) in [7, 11) is 0. The van der Waals surface area contributed by atoms with Crippen molar-refractivity contribution in [2.75, 3.05) is 57.3 Å². The molecular formula is C29H35ClFN5O3. The fraction of sp³-hybridized carbons (Fsp3) is 0.517. The molecule has 2 unspecified atom stereocenters. The molecule has 39 heavy (non-hydrogen) atoms. The molecule has 1 amide bonds. The van der Waals surface area contributed by atoms with Gasteiger partial charge in [-0.05, 0) is 58.0 Å². The number of rotatable bonds is 6. The zero-order chi connectivity index (χ0) is 27.3. The van der Waals surface area contributed by atoms with Gasteiger partial charge in [-0.1, -0.05) is 17.7 Å². The number of hydrogen-bond donors (Lipinski definition) is 1. The number of benzene rings is 1. The second-order valence-electron chi connectivity index (χ2n) is 11.1. The van der Waals surface area contributed by atoms with Gasteiger partial charge in [0.15, 0.2) is 11.6 Å². The highest BCUT2D eigenvalue weighted by atomic mass is 35.5. The Labute approximate surface area is 232 Å². The zero-order valence-electron chi connectivity index (χ0n) is 22.5. The van der Waals surface area contributed by atoms with E-state index in [0.29, 0.717) is 47.7 Å². The van der Waals surface area contributed by atoms with Crippen molar-refractivity contribution in [2.45, 2.75) is 44.9 Å². The largest absolute Gasteiger partial charge is 0.479 e. The lowest BCUT2D eigenvalue weighted by Gasteiger charge is -2.41. The molecule has 8 nitrogen and oxygen atoms in total. The minimum absolute atomic E-state index is 0.00210. The second-order valence-corrected chi connectivity index (χ2v) is 11.6. The van der Waals surface area contributed by atoms with Crippen molar-refractivity contribution in [3.63, 3.8) is 0 Å². The van der Waals surface area contributed by atoms with Gasteiger partial charge in [0.1, 0.15) is 17.4 Å². The Morgan fingerprint density at radius 2 is 1.92 bits per heavy atom. The average molecular weight is 556 g/mol. The third-order valence-electron chi connectivity index (χ3n) is 8.40. The lowest BCUT2D eigenvalue weighted by atomic mass is 9.99. The summed E-state index contributed by atoms with van der Waals surface area (Å²) in [6.07, 6.45) is 8.93. The molecule has 10 heteroatoms. The van der Waals surface area contributed by atoms with Gasteiger partial charge in [0.05, 0.1) is 16.9 Å². The highest BCUT2D eigenvalue weighted by molar-refractivity contribution is 6.31. The molecule has 0 radical (unpaired) electrons. The quantitative estimate of drug-likeness (QED) is 0.588. The van der Waals surface area contributed by atoms with Crippen molar-refractivity contribution in [2.24, 2.45) is 0 Å². The maximum absolute atomic E-state index is 15.9. The second kappa shape index (κ2) is 10.6. The number of allylic oxidation sites excluding steroid dienone is 2. The third-order valence-corrected chi connectivity index (χ3v) is 8.66. The molecule has 4 heterocycles. The summed E-state index contributed by atoms with van der Waals surface area (Å²) < 4.78 is 24.2. The number of pyridine rings is 1. The molecule has 3 aliphatic heterocycles. The smallest absolute Gasteiger partial charge is 0.256 e. The van der Waals surface area contributed by atoms with Gasteiger partial charge in [-0.25, -0.2) is 4.39 Å². The fourth-order valence-electron chi connectivity index (χ4n) is 6.24. The number of likely N-dealkylation sites (tertiary alicyclic amines) is 1. The predicted octanol–water partition coefficient (Wildman–Crippen LogP) is 3.49. The number of carbonyl (C=O) groups is 1. The Kier molecular flexibility index (Phi) is 7.16. The summed E-state index contributed by atoms with van der Waals surface area (Å²) in [5, 5.41) is 3.58. The van der Waals surface area contributed by atoms with Crippen LogP contribution in [0.3, 0.4) is 0 Å². The molecule has 1 aromatic carbocycles. The van der Waals surface area contributed by atoms with Gasteiger partial charge < -0.3 is 24.4 Å². The highest BCUT2D eigenvalue weighted by Gasteiger charge is 2.37. The molecule has 2 saturated heterocycles. The molecule has 2 atom stereocenters. The minimum Gasteiger partial charge on any atom is -0.479 e. The van der Waals surface area contributed by atoms with Gasteiger partial charge >= 0.3 is 0 Å². The summed E-state index contributed by atoms with van der Waals surface area (Å²) >= 11 is 6.33. The molecule has 1 aliphatic carbocycles. The van der Waals surface area contributed by atoms with E-state index in [2.05, 4.69) is 29.0 Å². The number of amides is 1. The lowest BCUT2D eigenvalue weighted by molar-refractivity contribution is 0.0947. The summed E-state index contributed by atoms with van der Waals surface area (Å²) in [5.74, 6) is -0.638. The van der Waals surface area contributed by atoms with Crippen LogP contribution in [0, 0.1) is 5.82 Å². The lowest BCUT2D eigenvalue weighted by Crippen LogP contribution is -2.49. The number of nitrogens with zero attached hydrogens (tertiary/aromatic N) is 4. The Morgan fingerprint density at radius 3 is 2.64 bits per heavy atom. The normalized spacial score (nSPS) is 23.2. The molecule has 2 fully saturated rings. The van der Waals surface area contributed by atoms with E-state index in [1.807, 2.05) is 15.5 Å². The zero-order valence-corrected chi connectivity index (χ0v) is 23.2. The molecule has 0 spiro atoms. The van der Waals surface area contributed by atoms with E-state index in [1.54, 1.807) is 18.3 Å². The summed E-state index contributed by atoms with van der Waals surface area (Å²) in [6, 6.07) is 1.37. The molecule has 6 rings (SSSR count). The van der Waals surface area contributed by atoms with E-state index in [4.69, 9.17) is 16.3 Å². The minimum atomic E-state index is -0.523. The Bertz CT molecular complexity index is 1410. The van der Waals surface area contributed by atoms with Crippen LogP contribution < -0.4 is 20.4 Å². The summed E-state index contributed by atoms with van der Waals surface area (Å²) in [6.45, 7) is 10.5. The molecule has 208 valence electrons. The van der Waals surface area contributed by atoms with Gasteiger partial charge in [0.2, 0.25) is 5.43 Å². The molecule has 1 aromatic heterocycles. The number of ether oxygens (including phenoxy) is 1. The van der Waals surface area contributed by atoms with Crippen LogP contribution in [0.25, 0.3) is 10.9 Å². The van der Waals surface area contributed by atoms with Crippen LogP contribution in [0.15, 0.2) is 40.3 Å². The van der Waals surface area contributed by atoms with Crippen molar-refractivity contribution in [3.8, 4) is 5.75 Å². The SMILES string of the molecule is CC(C)N1CCN(c2c(F)cc3c(=O)c(C(=O)NCCN4CCCC4)cn4c3c2OC2C=C(Cl)C=CC24)CC1. The van der Waals surface area contributed by atoms with E-state index in [-0.39, 0.29) is 17.0 Å². The first kappa shape index (κ1) is 26.3. The topological polar surface area (TPSA) is 70.1 Å². The van der Waals surface area contributed by atoms with Crippen molar-refractivity contribution in [3.05, 3.63) is 57.1 Å². The van der Waals surface area contributed by atoms with Gasteiger partial charge in [0, 0.05) is 56.5 Å². The first-order valence-electron chi connectivity index (χ1n) is 13.9. The first-order chi connectivity index (χ1) is 18.8. The number of fused-ring (bicyclic) bond motifs is 2. The molecular weight excluding hydrogens is 521 g/mol. The van der Waals surface area contributed by atoms with Crippen LogP contribution in [0.5, 0.6) is 5.75 Å². The van der Waals surface area contributed by atoms with Gasteiger partial charge in [-0.15, -0.1) is 0 Å². The highest BCUT2D eigenvalue weighted by Crippen LogP contribution is 2.45. The number of halogens is 2. The molecule has 0 bridgehead atoms. The van der Waals surface area contributed by atoms with Gasteiger partial charge in [0.25, 0.3) is 5.91 Å². The van der Waals surface area contributed by atoms with Crippen molar-refractivity contribution >= 4 is 34.1 Å². The number of aromatic nitrogens is 1. The maximum atomic E-state index is 15.9. The predicted molar refractivity (Wildman–Crippen MR) is 152 cm³/mol. The van der Waals surface area contributed by atoms with E-state index in [0.717, 1.165) is 32.7 Å².